The Labute approximate surface area is 153 Å². The number of thioether (sulfide) groups is 1. The molecular formula is C19H27N3O2S. The Kier molecular flexibility index (Phi) is 5.69. The smallest absolute Gasteiger partial charge is 0.228 e. The van der Waals surface area contributed by atoms with Gasteiger partial charge >= 0.3 is 0 Å². The van der Waals surface area contributed by atoms with Crippen molar-refractivity contribution in [1.29, 1.82) is 0 Å². The molecule has 2 atom stereocenters. The summed E-state index contributed by atoms with van der Waals surface area (Å²) in [5.74, 6) is 0.445. The summed E-state index contributed by atoms with van der Waals surface area (Å²) in [4.78, 5) is 30.1. The molecule has 2 heterocycles. The van der Waals surface area contributed by atoms with Crippen LogP contribution in [0.1, 0.15) is 26.2 Å². The molecule has 2 aliphatic heterocycles. The molecule has 2 N–H and O–H groups in total. The fourth-order valence-electron chi connectivity index (χ4n) is 3.79. The number of likely N-dealkylation sites (tertiary alicyclic amines) is 1. The monoisotopic (exact) mass is 361 g/mol. The summed E-state index contributed by atoms with van der Waals surface area (Å²) in [5, 5.41) is 0. The number of anilines is 1. The second-order valence-corrected chi connectivity index (χ2v) is 8.00. The highest BCUT2D eigenvalue weighted by Gasteiger charge is 2.38. The fourth-order valence-corrected chi connectivity index (χ4v) is 4.20. The number of nitrogens with two attached hydrogens (primary N) is 1. The molecule has 0 aliphatic carbocycles. The van der Waals surface area contributed by atoms with Crippen molar-refractivity contribution in [2.45, 2.75) is 37.1 Å². The first-order chi connectivity index (χ1) is 12.0. The number of benzene rings is 1. The van der Waals surface area contributed by atoms with E-state index >= 15 is 0 Å². The molecule has 25 heavy (non-hydrogen) atoms. The van der Waals surface area contributed by atoms with Gasteiger partial charge in [0.2, 0.25) is 11.8 Å². The Morgan fingerprint density at radius 3 is 2.44 bits per heavy atom. The lowest BCUT2D eigenvalue weighted by Crippen LogP contribution is -2.45. The molecule has 1 aromatic carbocycles. The van der Waals surface area contributed by atoms with E-state index in [1.165, 1.54) is 4.90 Å². The highest BCUT2D eigenvalue weighted by molar-refractivity contribution is 7.98. The van der Waals surface area contributed by atoms with Crippen LogP contribution < -0.4 is 10.6 Å². The van der Waals surface area contributed by atoms with Gasteiger partial charge in [-0.2, -0.15) is 0 Å². The standard InChI is InChI=1S/C19H27N3O2S/c1-13(20)14-7-9-21(10-8-14)19(24)15-11-18(23)22(12-15)16-3-5-17(25-2)6-4-16/h3-6,13-15H,7-12,20H2,1-2H3. The van der Waals surface area contributed by atoms with Crippen LogP contribution in [0.5, 0.6) is 0 Å². The number of piperidine rings is 1. The third kappa shape index (κ3) is 4.01. The van der Waals surface area contributed by atoms with E-state index in [1.807, 2.05) is 42.3 Å². The molecule has 0 bridgehead atoms. The number of carbonyl (C=O) groups excluding carboxylic acids is 2. The van der Waals surface area contributed by atoms with Crippen LogP contribution in [0.2, 0.25) is 0 Å². The molecule has 0 spiro atoms. The minimum Gasteiger partial charge on any atom is -0.342 e. The Bertz CT molecular complexity index is 624. The van der Waals surface area contributed by atoms with Gasteiger partial charge in [-0.05, 0) is 56.2 Å². The summed E-state index contributed by atoms with van der Waals surface area (Å²) in [7, 11) is 0. The van der Waals surface area contributed by atoms with Crippen molar-refractivity contribution in [2.75, 3.05) is 30.8 Å². The number of carbonyl (C=O) groups is 2. The zero-order valence-corrected chi connectivity index (χ0v) is 15.8. The zero-order chi connectivity index (χ0) is 18.0. The van der Waals surface area contributed by atoms with Gasteiger partial charge in [0, 0.05) is 42.7 Å². The van der Waals surface area contributed by atoms with E-state index in [0.717, 1.165) is 31.6 Å². The number of rotatable bonds is 4. The van der Waals surface area contributed by atoms with E-state index in [0.29, 0.717) is 18.9 Å². The maximum atomic E-state index is 12.8. The second-order valence-electron chi connectivity index (χ2n) is 7.13. The minimum absolute atomic E-state index is 0.0423. The van der Waals surface area contributed by atoms with E-state index in [-0.39, 0.29) is 23.8 Å². The molecule has 0 radical (unpaired) electrons. The van der Waals surface area contributed by atoms with Crippen molar-refractivity contribution in [1.82, 2.24) is 4.90 Å². The van der Waals surface area contributed by atoms with Gasteiger partial charge in [0.05, 0.1) is 5.92 Å². The number of nitrogens with zero attached hydrogens (tertiary/aromatic N) is 2. The predicted octanol–water partition coefficient (Wildman–Crippen LogP) is 2.35. The zero-order valence-electron chi connectivity index (χ0n) is 15.0. The maximum Gasteiger partial charge on any atom is 0.228 e. The van der Waals surface area contributed by atoms with Gasteiger partial charge in [0.15, 0.2) is 0 Å². The van der Waals surface area contributed by atoms with Crippen LogP contribution in [-0.2, 0) is 9.59 Å². The fraction of sp³-hybridized carbons (Fsp3) is 0.579. The average Bonchev–Trinajstić information content (AvgIpc) is 3.03. The van der Waals surface area contributed by atoms with Crippen molar-refractivity contribution in [3.8, 4) is 0 Å². The summed E-state index contributed by atoms with van der Waals surface area (Å²) in [6.45, 7) is 4.05. The Balaban J connectivity index is 1.61. The predicted molar refractivity (Wildman–Crippen MR) is 102 cm³/mol. The van der Waals surface area contributed by atoms with Gasteiger partial charge in [-0.15, -0.1) is 11.8 Å². The normalized spacial score (nSPS) is 23.2. The molecule has 2 aliphatic rings. The van der Waals surface area contributed by atoms with Crippen LogP contribution in [0, 0.1) is 11.8 Å². The first-order valence-corrected chi connectivity index (χ1v) is 10.2. The average molecular weight is 362 g/mol. The summed E-state index contributed by atoms with van der Waals surface area (Å²) in [5.41, 5.74) is 6.86. The van der Waals surface area contributed by atoms with Crippen LogP contribution in [0.3, 0.4) is 0 Å². The molecular weight excluding hydrogens is 334 g/mol. The highest BCUT2D eigenvalue weighted by atomic mass is 32.2. The molecule has 2 unspecified atom stereocenters. The van der Waals surface area contributed by atoms with Crippen molar-refractivity contribution in [2.24, 2.45) is 17.6 Å². The molecule has 6 heteroatoms. The SMILES string of the molecule is CSc1ccc(N2CC(C(=O)N3CCC(C(C)N)CC3)CC2=O)cc1. The molecule has 136 valence electrons. The lowest BCUT2D eigenvalue weighted by atomic mass is 9.90. The van der Waals surface area contributed by atoms with E-state index in [4.69, 9.17) is 5.73 Å². The largest absolute Gasteiger partial charge is 0.342 e. The van der Waals surface area contributed by atoms with Gasteiger partial charge in [-0.25, -0.2) is 0 Å². The topological polar surface area (TPSA) is 66.6 Å². The van der Waals surface area contributed by atoms with Crippen molar-refractivity contribution in [3.63, 3.8) is 0 Å². The molecule has 3 rings (SSSR count). The van der Waals surface area contributed by atoms with Crippen molar-refractivity contribution >= 4 is 29.3 Å². The Hall–Kier alpha value is -1.53. The van der Waals surface area contributed by atoms with E-state index in [2.05, 4.69) is 0 Å². The molecule has 0 saturated carbocycles. The molecule has 2 amide bonds. The van der Waals surface area contributed by atoms with Crippen LogP contribution in [0.25, 0.3) is 0 Å². The maximum absolute atomic E-state index is 12.8. The number of amides is 2. The van der Waals surface area contributed by atoms with Gasteiger partial charge in [0.25, 0.3) is 0 Å². The quantitative estimate of drug-likeness (QED) is 0.836. The summed E-state index contributed by atoms with van der Waals surface area (Å²) < 4.78 is 0. The first-order valence-electron chi connectivity index (χ1n) is 8.98. The lowest BCUT2D eigenvalue weighted by Gasteiger charge is -2.35. The second kappa shape index (κ2) is 7.79. The molecule has 5 nitrogen and oxygen atoms in total. The number of hydrogen-bond acceptors (Lipinski definition) is 4. The van der Waals surface area contributed by atoms with E-state index in [9.17, 15) is 9.59 Å². The molecule has 1 aromatic rings. The third-order valence-electron chi connectivity index (χ3n) is 5.45. The van der Waals surface area contributed by atoms with Crippen LogP contribution in [0.15, 0.2) is 29.2 Å². The van der Waals surface area contributed by atoms with Crippen LogP contribution in [0.4, 0.5) is 5.69 Å². The van der Waals surface area contributed by atoms with Gasteiger partial charge < -0.3 is 15.5 Å². The van der Waals surface area contributed by atoms with Crippen LogP contribution in [-0.4, -0.2) is 48.6 Å². The van der Waals surface area contributed by atoms with E-state index < -0.39 is 0 Å². The van der Waals surface area contributed by atoms with Gasteiger partial charge in [-0.3, -0.25) is 9.59 Å². The highest BCUT2D eigenvalue weighted by Crippen LogP contribution is 2.29. The Morgan fingerprint density at radius 2 is 1.88 bits per heavy atom. The Morgan fingerprint density at radius 1 is 1.24 bits per heavy atom. The third-order valence-corrected chi connectivity index (χ3v) is 6.20. The lowest BCUT2D eigenvalue weighted by molar-refractivity contribution is -0.137. The van der Waals surface area contributed by atoms with Crippen molar-refractivity contribution < 1.29 is 9.59 Å². The number of hydrogen-bond donors (Lipinski definition) is 1. The summed E-state index contributed by atoms with van der Waals surface area (Å²) in [6.07, 6.45) is 4.27. The summed E-state index contributed by atoms with van der Waals surface area (Å²) >= 11 is 1.67. The molecule has 0 aromatic heterocycles. The van der Waals surface area contributed by atoms with Crippen LogP contribution >= 0.6 is 11.8 Å². The molecule has 2 fully saturated rings. The molecule has 2 saturated heterocycles. The van der Waals surface area contributed by atoms with Gasteiger partial charge in [-0.1, -0.05) is 0 Å². The summed E-state index contributed by atoms with van der Waals surface area (Å²) in [6, 6.07) is 8.14. The minimum atomic E-state index is -0.223. The van der Waals surface area contributed by atoms with Crippen molar-refractivity contribution in [3.05, 3.63) is 24.3 Å². The van der Waals surface area contributed by atoms with Gasteiger partial charge in [0.1, 0.15) is 0 Å². The first kappa shape index (κ1) is 18.3. The van der Waals surface area contributed by atoms with E-state index in [1.54, 1.807) is 16.7 Å².